The van der Waals surface area contributed by atoms with Crippen molar-refractivity contribution in [3.05, 3.63) is 0 Å². The topological polar surface area (TPSA) is 107 Å². The van der Waals surface area contributed by atoms with E-state index in [2.05, 4.69) is 53.5 Å². The molecule has 180 valence electrons. The van der Waals surface area contributed by atoms with Crippen LogP contribution in [0.3, 0.4) is 0 Å². The van der Waals surface area contributed by atoms with Gasteiger partial charge in [-0.3, -0.25) is 0 Å². The molecule has 0 aromatic carbocycles. The molecule has 0 saturated carbocycles. The first kappa shape index (κ1) is 33.1. The number of hydrogen-bond donors (Lipinski definition) is 0. The van der Waals surface area contributed by atoms with Crippen LogP contribution < -0.4 is 0 Å². The molecule has 12 heteroatoms. The van der Waals surface area contributed by atoms with E-state index in [1.54, 1.807) is 0 Å². The van der Waals surface area contributed by atoms with Crippen molar-refractivity contribution >= 4 is 42.9 Å². The highest BCUT2D eigenvalue weighted by Gasteiger charge is 2.19. The van der Waals surface area contributed by atoms with Crippen LogP contribution in [0.5, 0.6) is 0 Å². The summed E-state index contributed by atoms with van der Waals surface area (Å²) in [6, 6.07) is 0.988. The summed E-state index contributed by atoms with van der Waals surface area (Å²) in [7, 11) is -0.108. The average molecular weight is 487 g/mol. The molecular formula is C18H42O9Si3. The summed E-state index contributed by atoms with van der Waals surface area (Å²) < 4.78 is 27.3. The van der Waals surface area contributed by atoms with E-state index in [-0.39, 0.29) is 0 Å². The predicted octanol–water partition coefficient (Wildman–Crippen LogP) is 5.36. The van der Waals surface area contributed by atoms with Gasteiger partial charge in [0.1, 0.15) is 0 Å². The lowest BCUT2D eigenvalue weighted by Gasteiger charge is -2.14. The molecule has 0 heterocycles. The second-order valence-corrected chi connectivity index (χ2v) is 25.0. The van der Waals surface area contributed by atoms with E-state index >= 15 is 0 Å². The highest BCUT2D eigenvalue weighted by molar-refractivity contribution is 6.76. The number of hydrogen-bond acceptors (Lipinski definition) is 9. The Morgan fingerprint density at radius 1 is 0.600 bits per heavy atom. The molecule has 0 saturated heterocycles. The van der Waals surface area contributed by atoms with Crippen LogP contribution in [0.4, 0.5) is 14.4 Å². The third-order valence-electron chi connectivity index (χ3n) is 2.58. The molecule has 9 nitrogen and oxygen atoms in total. The van der Waals surface area contributed by atoms with Crippen LogP contribution in [0, 0.1) is 0 Å². The largest absolute Gasteiger partial charge is 0.507 e. The van der Waals surface area contributed by atoms with E-state index in [1.165, 1.54) is 21.3 Å². The predicted molar refractivity (Wildman–Crippen MR) is 125 cm³/mol. The van der Waals surface area contributed by atoms with Gasteiger partial charge in [-0.05, 0) is 25.7 Å². The SMILES string of the molecule is COC(=O)OCC[Si](C)(C)C.COC(=O)OC[Si](C)(C)C.COC(=O)O[Si](C)(C)C. The van der Waals surface area contributed by atoms with Crippen LogP contribution in [0.15, 0.2) is 0 Å². The van der Waals surface area contributed by atoms with Crippen LogP contribution >= 0.6 is 0 Å². The summed E-state index contributed by atoms with van der Waals surface area (Å²) in [5.74, 6) is 0. The molecule has 0 aromatic heterocycles. The van der Waals surface area contributed by atoms with Crippen LogP contribution in [0.1, 0.15) is 0 Å². The number of ether oxygens (including phenoxy) is 5. The lowest BCUT2D eigenvalue weighted by Crippen LogP contribution is -2.29. The van der Waals surface area contributed by atoms with E-state index in [4.69, 9.17) is 13.9 Å². The minimum atomic E-state index is -1.72. The quantitative estimate of drug-likeness (QED) is 0.278. The molecule has 0 atom stereocenters. The first-order valence-electron chi connectivity index (χ1n) is 9.55. The fourth-order valence-electron chi connectivity index (χ4n) is 1.13. The maximum absolute atomic E-state index is 10.5. The molecule has 0 N–H and O–H groups in total. The smallest absolute Gasteiger partial charge is 0.490 e. The third kappa shape index (κ3) is 34.0. The minimum absolute atomic E-state index is 0.488. The van der Waals surface area contributed by atoms with Crippen molar-refractivity contribution in [2.24, 2.45) is 0 Å². The normalized spacial score (nSPS) is 10.8. The monoisotopic (exact) mass is 486 g/mol. The molecule has 0 unspecified atom stereocenters. The Bertz CT molecular complexity index is 493. The summed E-state index contributed by atoms with van der Waals surface area (Å²) in [6.45, 7) is 19.3. The fourth-order valence-corrected chi connectivity index (χ4v) is 2.97. The molecule has 0 radical (unpaired) electrons. The van der Waals surface area contributed by atoms with Crippen molar-refractivity contribution in [3.8, 4) is 0 Å². The molecule has 0 aromatic rings. The van der Waals surface area contributed by atoms with Crippen molar-refractivity contribution in [3.63, 3.8) is 0 Å². The average Bonchev–Trinajstić information content (AvgIpc) is 2.57. The molecule has 0 fully saturated rings. The molecule has 0 bridgehead atoms. The van der Waals surface area contributed by atoms with Gasteiger partial charge in [-0.2, -0.15) is 0 Å². The second-order valence-electron chi connectivity index (χ2n) is 9.59. The molecule has 0 aliphatic heterocycles. The Morgan fingerprint density at radius 2 is 1.00 bits per heavy atom. The van der Waals surface area contributed by atoms with Crippen molar-refractivity contribution in [1.82, 2.24) is 0 Å². The lowest BCUT2D eigenvalue weighted by molar-refractivity contribution is 0.0767. The summed E-state index contributed by atoms with van der Waals surface area (Å²) in [5, 5.41) is 0. The van der Waals surface area contributed by atoms with Gasteiger partial charge in [0.2, 0.25) is 0 Å². The maximum Gasteiger partial charge on any atom is 0.507 e. The van der Waals surface area contributed by atoms with Crippen molar-refractivity contribution in [2.45, 2.75) is 65.0 Å². The Labute approximate surface area is 184 Å². The van der Waals surface area contributed by atoms with Gasteiger partial charge in [0.05, 0.1) is 42.2 Å². The first-order chi connectivity index (χ1) is 13.4. The zero-order chi connectivity index (χ0) is 24.6. The molecule has 0 rings (SSSR count). The van der Waals surface area contributed by atoms with Crippen LogP contribution in [0.2, 0.25) is 65.0 Å². The Hall–Kier alpha value is -1.54. The van der Waals surface area contributed by atoms with Gasteiger partial charge < -0.3 is 28.1 Å². The van der Waals surface area contributed by atoms with Gasteiger partial charge in [-0.25, -0.2) is 14.4 Å². The van der Waals surface area contributed by atoms with E-state index in [0.29, 0.717) is 12.8 Å². The van der Waals surface area contributed by atoms with Crippen molar-refractivity contribution in [1.29, 1.82) is 0 Å². The van der Waals surface area contributed by atoms with Crippen LogP contribution in [0.25, 0.3) is 0 Å². The maximum atomic E-state index is 10.5. The number of rotatable bonds is 6. The Kier molecular flexibility index (Phi) is 17.9. The Morgan fingerprint density at radius 3 is 1.27 bits per heavy atom. The number of carbonyl (C=O) groups is 3. The third-order valence-corrected chi connectivity index (χ3v) is 6.08. The first-order valence-corrected chi connectivity index (χ1v) is 20.4. The van der Waals surface area contributed by atoms with Gasteiger partial charge in [-0.1, -0.05) is 39.3 Å². The second kappa shape index (κ2) is 16.2. The summed E-state index contributed by atoms with van der Waals surface area (Å²) in [5.41, 5.74) is 0. The van der Waals surface area contributed by atoms with Gasteiger partial charge in [0.15, 0.2) is 0 Å². The van der Waals surface area contributed by atoms with E-state index in [0.717, 1.165) is 6.04 Å². The van der Waals surface area contributed by atoms with Crippen molar-refractivity contribution < 1.29 is 42.5 Å². The summed E-state index contributed by atoms with van der Waals surface area (Å²) >= 11 is 0. The zero-order valence-corrected chi connectivity index (χ0v) is 23.8. The summed E-state index contributed by atoms with van der Waals surface area (Å²) in [6.07, 6.45) is -1.21. The molecular weight excluding hydrogens is 444 g/mol. The highest BCUT2D eigenvalue weighted by atomic mass is 28.4. The van der Waals surface area contributed by atoms with Gasteiger partial charge in [0.25, 0.3) is 8.32 Å². The van der Waals surface area contributed by atoms with E-state index < -0.39 is 42.9 Å². The number of carbonyl (C=O) groups excluding carboxylic acids is 3. The molecule has 0 aliphatic rings. The lowest BCUT2D eigenvalue weighted by atomic mass is 10.8. The van der Waals surface area contributed by atoms with Crippen LogP contribution in [-0.2, 0) is 28.1 Å². The molecule has 0 aliphatic carbocycles. The van der Waals surface area contributed by atoms with Gasteiger partial charge >= 0.3 is 18.5 Å². The fraction of sp³-hybridized carbons (Fsp3) is 0.833. The van der Waals surface area contributed by atoms with Gasteiger partial charge in [0, 0.05) is 8.07 Å². The van der Waals surface area contributed by atoms with Gasteiger partial charge in [-0.15, -0.1) is 0 Å². The zero-order valence-electron chi connectivity index (χ0n) is 20.8. The number of methoxy groups -OCH3 is 3. The van der Waals surface area contributed by atoms with Crippen molar-refractivity contribution in [2.75, 3.05) is 34.2 Å². The minimum Gasteiger partial charge on any atom is -0.490 e. The van der Waals surface area contributed by atoms with E-state index in [9.17, 15) is 14.4 Å². The molecule has 30 heavy (non-hydrogen) atoms. The molecule has 0 spiro atoms. The summed E-state index contributed by atoms with van der Waals surface area (Å²) in [4.78, 5) is 31.3. The van der Waals surface area contributed by atoms with Crippen LogP contribution in [-0.4, -0.2) is 77.1 Å². The van der Waals surface area contributed by atoms with E-state index in [1.807, 2.05) is 19.6 Å². The standard InChI is InChI=1S/C7H16O3Si.C6H14O3Si.C5H12O3Si/c1-9-7(8)10-5-6-11(2,3)4;1-8-6(7)9-5-10(2,3)4;1-7-5(6)8-9(2,3)4/h5-6H2,1-4H3;5H2,1-4H3;1-4H3. The Balaban J connectivity index is -0.000000366. The molecule has 0 amide bonds. The highest BCUT2D eigenvalue weighted by Crippen LogP contribution is 2.07.